The lowest BCUT2D eigenvalue weighted by Crippen LogP contribution is -2.57. The second kappa shape index (κ2) is 10.7. The van der Waals surface area contributed by atoms with Crippen molar-refractivity contribution < 1.29 is 4.79 Å². The van der Waals surface area contributed by atoms with Crippen LogP contribution in [0.2, 0.25) is 0 Å². The summed E-state index contributed by atoms with van der Waals surface area (Å²) in [4.78, 5) is 24.2. The minimum atomic E-state index is 0. The van der Waals surface area contributed by atoms with Crippen molar-refractivity contribution in [1.29, 1.82) is 0 Å². The van der Waals surface area contributed by atoms with E-state index in [0.29, 0.717) is 5.91 Å². The largest absolute Gasteiger partial charge is 0.357 e. The molecule has 0 aromatic rings. The van der Waals surface area contributed by atoms with Gasteiger partial charge in [-0.05, 0) is 45.4 Å². The SMILES string of the molecule is CCNC(=NCC1CCC1)N1CCN(C(C)C(=O)N2CCCC2)CC1.I. The Kier molecular flexibility index (Phi) is 8.93. The number of nitrogens with zero attached hydrogens (tertiary/aromatic N) is 4. The number of rotatable bonds is 5. The molecule has 3 aliphatic rings. The Morgan fingerprint density at radius 1 is 1.04 bits per heavy atom. The molecule has 1 unspecified atom stereocenters. The quantitative estimate of drug-likeness (QED) is 0.374. The number of hydrogen-bond acceptors (Lipinski definition) is 3. The molecule has 26 heavy (non-hydrogen) atoms. The average Bonchev–Trinajstić information content (AvgIpc) is 3.13. The van der Waals surface area contributed by atoms with Crippen LogP contribution in [-0.4, -0.2) is 85.0 Å². The van der Waals surface area contributed by atoms with Gasteiger partial charge < -0.3 is 15.1 Å². The van der Waals surface area contributed by atoms with Crippen LogP contribution in [0.1, 0.15) is 46.0 Å². The molecule has 1 N–H and O–H groups in total. The number of likely N-dealkylation sites (tertiary alicyclic amines) is 1. The van der Waals surface area contributed by atoms with E-state index in [1.54, 1.807) is 0 Å². The maximum absolute atomic E-state index is 12.6. The maximum atomic E-state index is 12.6. The van der Waals surface area contributed by atoms with Crippen LogP contribution in [0.15, 0.2) is 4.99 Å². The van der Waals surface area contributed by atoms with E-state index in [0.717, 1.165) is 77.1 Å². The Hall–Kier alpha value is -0.570. The van der Waals surface area contributed by atoms with E-state index in [9.17, 15) is 4.79 Å². The maximum Gasteiger partial charge on any atom is 0.239 e. The number of carbonyl (C=O) groups is 1. The summed E-state index contributed by atoms with van der Waals surface area (Å²) in [6, 6.07) is 0.00903. The van der Waals surface area contributed by atoms with Gasteiger partial charge in [-0.1, -0.05) is 6.42 Å². The molecule has 1 atom stereocenters. The Morgan fingerprint density at radius 3 is 2.23 bits per heavy atom. The van der Waals surface area contributed by atoms with Gasteiger partial charge in [0.1, 0.15) is 0 Å². The molecule has 0 radical (unpaired) electrons. The summed E-state index contributed by atoms with van der Waals surface area (Å²) < 4.78 is 0. The highest BCUT2D eigenvalue weighted by Gasteiger charge is 2.30. The fourth-order valence-corrected chi connectivity index (χ4v) is 4.00. The smallest absolute Gasteiger partial charge is 0.239 e. The zero-order valence-corrected chi connectivity index (χ0v) is 18.8. The molecule has 1 saturated carbocycles. The lowest BCUT2D eigenvalue weighted by atomic mass is 9.86. The van der Waals surface area contributed by atoms with Crippen LogP contribution in [0.5, 0.6) is 0 Å². The number of piperazine rings is 1. The molecule has 7 heteroatoms. The van der Waals surface area contributed by atoms with Gasteiger partial charge in [-0.3, -0.25) is 14.7 Å². The van der Waals surface area contributed by atoms with Crippen molar-refractivity contribution in [2.75, 3.05) is 52.4 Å². The first-order chi connectivity index (χ1) is 12.2. The van der Waals surface area contributed by atoms with Gasteiger partial charge in [0.15, 0.2) is 5.96 Å². The average molecular weight is 477 g/mol. The van der Waals surface area contributed by atoms with Gasteiger partial charge >= 0.3 is 0 Å². The van der Waals surface area contributed by atoms with Crippen molar-refractivity contribution in [3.8, 4) is 0 Å². The molecule has 1 aliphatic carbocycles. The Morgan fingerprint density at radius 2 is 1.69 bits per heavy atom. The monoisotopic (exact) mass is 477 g/mol. The summed E-state index contributed by atoms with van der Waals surface area (Å²) in [5.41, 5.74) is 0. The van der Waals surface area contributed by atoms with Gasteiger partial charge in [0.25, 0.3) is 0 Å². The molecule has 0 aromatic carbocycles. The predicted octanol–water partition coefficient (Wildman–Crippen LogP) is 2.00. The highest BCUT2D eigenvalue weighted by Crippen LogP contribution is 2.26. The molecule has 3 rings (SSSR count). The molecule has 2 aliphatic heterocycles. The standard InChI is InChI=1S/C19H35N5O.HI/c1-3-20-19(21-15-17-7-6-8-17)24-13-11-22(12-14-24)16(2)18(25)23-9-4-5-10-23;/h16-17H,3-15H2,1-2H3,(H,20,21);1H. The van der Waals surface area contributed by atoms with Gasteiger partial charge in [0.2, 0.25) is 5.91 Å². The second-order valence-electron chi connectivity index (χ2n) is 7.72. The Labute approximate surface area is 175 Å². The zero-order valence-electron chi connectivity index (χ0n) is 16.5. The van der Waals surface area contributed by atoms with Crippen molar-refractivity contribution >= 4 is 35.8 Å². The first-order valence-electron chi connectivity index (χ1n) is 10.2. The minimum Gasteiger partial charge on any atom is -0.357 e. The zero-order chi connectivity index (χ0) is 17.6. The van der Waals surface area contributed by atoms with E-state index in [-0.39, 0.29) is 30.0 Å². The van der Waals surface area contributed by atoms with Crippen molar-refractivity contribution in [1.82, 2.24) is 20.0 Å². The van der Waals surface area contributed by atoms with Crippen LogP contribution in [0.3, 0.4) is 0 Å². The molecular formula is C19H36IN5O. The minimum absolute atomic E-state index is 0. The summed E-state index contributed by atoms with van der Waals surface area (Å²) in [6.45, 7) is 11.8. The van der Waals surface area contributed by atoms with Gasteiger partial charge in [0, 0.05) is 52.4 Å². The molecule has 1 amide bonds. The Bertz CT molecular complexity index is 469. The summed E-state index contributed by atoms with van der Waals surface area (Å²) >= 11 is 0. The highest BCUT2D eigenvalue weighted by atomic mass is 127. The Balaban J connectivity index is 0.00000243. The van der Waals surface area contributed by atoms with Crippen LogP contribution in [0.25, 0.3) is 0 Å². The van der Waals surface area contributed by atoms with E-state index >= 15 is 0 Å². The lowest BCUT2D eigenvalue weighted by Gasteiger charge is -2.39. The second-order valence-corrected chi connectivity index (χ2v) is 7.72. The van der Waals surface area contributed by atoms with E-state index in [1.165, 1.54) is 19.3 Å². The number of aliphatic imine (C=N–C) groups is 1. The van der Waals surface area contributed by atoms with Crippen LogP contribution in [0, 0.1) is 5.92 Å². The summed E-state index contributed by atoms with van der Waals surface area (Å²) in [5.74, 6) is 2.18. The molecule has 0 bridgehead atoms. The van der Waals surface area contributed by atoms with E-state index in [2.05, 4.69) is 29.0 Å². The van der Waals surface area contributed by atoms with Crippen LogP contribution >= 0.6 is 24.0 Å². The van der Waals surface area contributed by atoms with Crippen LogP contribution in [0.4, 0.5) is 0 Å². The number of nitrogens with one attached hydrogen (secondary N) is 1. The first-order valence-corrected chi connectivity index (χ1v) is 10.2. The molecule has 150 valence electrons. The summed E-state index contributed by atoms with van der Waals surface area (Å²) in [6.07, 6.45) is 6.38. The summed E-state index contributed by atoms with van der Waals surface area (Å²) in [7, 11) is 0. The number of carbonyl (C=O) groups excluding carboxylic acids is 1. The number of halogens is 1. The van der Waals surface area contributed by atoms with Crippen LogP contribution in [-0.2, 0) is 4.79 Å². The lowest BCUT2D eigenvalue weighted by molar-refractivity contribution is -0.135. The van der Waals surface area contributed by atoms with E-state index in [1.807, 2.05) is 4.90 Å². The highest BCUT2D eigenvalue weighted by molar-refractivity contribution is 14.0. The molecule has 2 saturated heterocycles. The molecule has 0 spiro atoms. The van der Waals surface area contributed by atoms with Gasteiger partial charge in [0.05, 0.1) is 6.04 Å². The van der Waals surface area contributed by atoms with Gasteiger partial charge in [-0.2, -0.15) is 0 Å². The molecule has 6 nitrogen and oxygen atoms in total. The number of hydrogen-bond donors (Lipinski definition) is 1. The topological polar surface area (TPSA) is 51.2 Å². The van der Waals surface area contributed by atoms with Crippen LogP contribution < -0.4 is 5.32 Å². The number of amides is 1. The fraction of sp³-hybridized carbons (Fsp3) is 0.895. The van der Waals surface area contributed by atoms with Gasteiger partial charge in [-0.15, -0.1) is 24.0 Å². The van der Waals surface area contributed by atoms with Crippen molar-refractivity contribution in [2.45, 2.75) is 52.0 Å². The first kappa shape index (κ1) is 21.7. The summed E-state index contributed by atoms with van der Waals surface area (Å²) in [5, 5.41) is 3.45. The predicted molar refractivity (Wildman–Crippen MR) is 117 cm³/mol. The molecule has 3 fully saturated rings. The van der Waals surface area contributed by atoms with E-state index < -0.39 is 0 Å². The third-order valence-electron chi connectivity index (χ3n) is 6.00. The fourth-order valence-electron chi connectivity index (χ4n) is 4.00. The molecule has 0 aromatic heterocycles. The van der Waals surface area contributed by atoms with Gasteiger partial charge in [-0.25, -0.2) is 0 Å². The van der Waals surface area contributed by atoms with E-state index in [4.69, 9.17) is 4.99 Å². The molecular weight excluding hydrogens is 441 g/mol. The normalized spacial score (nSPS) is 23.4. The third-order valence-corrected chi connectivity index (χ3v) is 6.00. The third kappa shape index (κ3) is 5.47. The van der Waals surface area contributed by atoms with Crippen molar-refractivity contribution in [2.24, 2.45) is 10.9 Å². The molecule has 2 heterocycles. The van der Waals surface area contributed by atoms with Crippen molar-refractivity contribution in [3.63, 3.8) is 0 Å². The van der Waals surface area contributed by atoms with Crippen molar-refractivity contribution in [3.05, 3.63) is 0 Å². The number of guanidine groups is 1.